The van der Waals surface area contributed by atoms with Gasteiger partial charge < -0.3 is 0 Å². The molecule has 0 N–H and O–H groups in total. The molecular weight excluding hydrogens is 334 g/mol. The Bertz CT molecular complexity index is 707. The Labute approximate surface area is 129 Å². The molecule has 5 heteroatoms. The fourth-order valence-electron chi connectivity index (χ4n) is 2.27. The third-order valence-corrected chi connectivity index (χ3v) is 4.15. The molecule has 1 aliphatic rings. The maximum atomic E-state index is 12.4. The normalized spacial score (nSPS) is 15.0. The van der Waals surface area contributed by atoms with Crippen molar-refractivity contribution in [3.8, 4) is 0 Å². The number of carbonyl (C=O) groups is 3. The molecule has 0 saturated carbocycles. The number of rotatable bonds is 3. The molecule has 1 heterocycles. The van der Waals surface area contributed by atoms with Crippen LogP contribution in [0.4, 0.5) is 0 Å². The predicted octanol–water partition coefficient (Wildman–Crippen LogP) is 2.89. The Morgan fingerprint density at radius 1 is 0.857 bits per heavy atom. The lowest BCUT2D eigenvalue weighted by Crippen LogP contribution is -2.41. The summed E-state index contributed by atoms with van der Waals surface area (Å²) in [5.74, 6) is -1.24. The Morgan fingerprint density at radius 2 is 1.33 bits per heavy atom. The fraction of sp³-hybridized carbons (Fsp3) is 0.0625. The molecule has 2 aromatic rings. The topological polar surface area (TPSA) is 54.5 Å². The van der Waals surface area contributed by atoms with Gasteiger partial charge >= 0.3 is 0 Å². The lowest BCUT2D eigenvalue weighted by Gasteiger charge is -2.19. The van der Waals surface area contributed by atoms with Crippen LogP contribution in [0.25, 0.3) is 0 Å². The van der Waals surface area contributed by atoms with Crippen molar-refractivity contribution in [2.24, 2.45) is 0 Å². The highest BCUT2D eigenvalue weighted by molar-refractivity contribution is 9.10. The first kappa shape index (κ1) is 13.7. The molecule has 0 radical (unpaired) electrons. The van der Waals surface area contributed by atoms with Crippen LogP contribution in [0.5, 0.6) is 0 Å². The average molecular weight is 344 g/mol. The number of hydrogen-bond acceptors (Lipinski definition) is 3. The number of fused-ring (bicyclic) bond motifs is 1. The smallest absolute Gasteiger partial charge is 0.262 e. The third-order valence-electron chi connectivity index (χ3n) is 3.33. The molecule has 104 valence electrons. The summed E-state index contributed by atoms with van der Waals surface area (Å²) in [5.41, 5.74) is 1.09. The Morgan fingerprint density at radius 3 is 1.86 bits per heavy atom. The van der Waals surface area contributed by atoms with Crippen molar-refractivity contribution in [2.45, 2.75) is 4.95 Å². The van der Waals surface area contributed by atoms with Crippen LogP contribution in [0.1, 0.15) is 31.1 Å². The molecule has 2 aromatic carbocycles. The van der Waals surface area contributed by atoms with Gasteiger partial charge in [-0.05, 0) is 12.1 Å². The lowest BCUT2D eigenvalue weighted by molar-refractivity contribution is 0.0606. The van der Waals surface area contributed by atoms with Crippen molar-refractivity contribution in [1.29, 1.82) is 0 Å². The van der Waals surface area contributed by atoms with Crippen LogP contribution in [-0.4, -0.2) is 27.4 Å². The second kappa shape index (κ2) is 5.26. The molecule has 0 bridgehead atoms. The molecule has 0 aromatic heterocycles. The van der Waals surface area contributed by atoms with Gasteiger partial charge in [-0.2, -0.15) is 0 Å². The van der Waals surface area contributed by atoms with E-state index < -0.39 is 16.8 Å². The van der Waals surface area contributed by atoms with Crippen LogP contribution in [0.2, 0.25) is 0 Å². The van der Waals surface area contributed by atoms with Crippen LogP contribution in [-0.2, 0) is 0 Å². The molecule has 0 saturated heterocycles. The zero-order valence-electron chi connectivity index (χ0n) is 10.8. The van der Waals surface area contributed by atoms with E-state index >= 15 is 0 Å². The summed E-state index contributed by atoms with van der Waals surface area (Å²) in [4.78, 5) is 36.9. The van der Waals surface area contributed by atoms with Gasteiger partial charge in [0, 0.05) is 5.56 Å². The molecule has 4 nitrogen and oxygen atoms in total. The molecule has 0 spiro atoms. The molecule has 0 fully saturated rings. The molecule has 1 atom stereocenters. The molecule has 1 aliphatic heterocycles. The van der Waals surface area contributed by atoms with Crippen LogP contribution in [0, 0.1) is 0 Å². The summed E-state index contributed by atoms with van der Waals surface area (Å²) in [6.45, 7) is 0. The molecule has 0 aliphatic carbocycles. The van der Waals surface area contributed by atoms with Gasteiger partial charge in [-0.3, -0.25) is 19.3 Å². The van der Waals surface area contributed by atoms with Gasteiger partial charge in [0.2, 0.25) is 0 Å². The quantitative estimate of drug-likeness (QED) is 0.372. The first-order chi connectivity index (χ1) is 10.1. The SMILES string of the molecule is O=C(c1ccccc1)C(Br)N1C(=O)c2ccccc2C1=O. The minimum absolute atomic E-state index is 0.327. The maximum Gasteiger partial charge on any atom is 0.262 e. The summed E-state index contributed by atoms with van der Waals surface area (Å²) in [6.07, 6.45) is 0. The Hall–Kier alpha value is -2.27. The van der Waals surface area contributed by atoms with E-state index in [0.29, 0.717) is 16.7 Å². The molecule has 3 rings (SSSR count). The number of nitrogens with zero attached hydrogens (tertiary/aromatic N) is 1. The first-order valence-electron chi connectivity index (χ1n) is 6.31. The number of Topliss-reactive ketones (excluding diaryl/α,β-unsaturated/α-hetero) is 1. The van der Waals surface area contributed by atoms with E-state index in [4.69, 9.17) is 0 Å². The number of hydrogen-bond donors (Lipinski definition) is 0. The predicted molar refractivity (Wildman–Crippen MR) is 80.4 cm³/mol. The van der Waals surface area contributed by atoms with Crippen LogP contribution in [0.15, 0.2) is 54.6 Å². The van der Waals surface area contributed by atoms with E-state index in [1.54, 1.807) is 54.6 Å². The summed E-state index contributed by atoms with van der Waals surface area (Å²) >= 11 is 3.18. The van der Waals surface area contributed by atoms with Crippen molar-refractivity contribution in [3.63, 3.8) is 0 Å². The standard InChI is InChI=1S/C16H10BrNO3/c17-14(13(19)10-6-2-1-3-7-10)18-15(20)11-8-4-5-9-12(11)16(18)21/h1-9,14H. The van der Waals surface area contributed by atoms with Gasteiger partial charge in [-0.15, -0.1) is 0 Å². The number of benzene rings is 2. The van der Waals surface area contributed by atoms with Crippen LogP contribution < -0.4 is 0 Å². The first-order valence-corrected chi connectivity index (χ1v) is 7.23. The fourth-order valence-corrected chi connectivity index (χ4v) is 2.91. The summed E-state index contributed by atoms with van der Waals surface area (Å²) in [7, 11) is 0. The van der Waals surface area contributed by atoms with Crippen LogP contribution >= 0.6 is 15.9 Å². The van der Waals surface area contributed by atoms with Gasteiger partial charge in [-0.1, -0.05) is 58.4 Å². The summed E-state index contributed by atoms with van der Waals surface area (Å²) < 4.78 is 0. The minimum atomic E-state index is -1.01. The average Bonchev–Trinajstić information content (AvgIpc) is 2.79. The Kier molecular flexibility index (Phi) is 3.43. The summed E-state index contributed by atoms with van der Waals surface area (Å²) in [6, 6.07) is 15.1. The monoisotopic (exact) mass is 343 g/mol. The van der Waals surface area contributed by atoms with E-state index in [1.165, 1.54) is 0 Å². The summed E-state index contributed by atoms with van der Waals surface area (Å²) in [5, 5.41) is 0. The second-order valence-corrected chi connectivity index (χ2v) is 5.46. The number of halogens is 1. The van der Waals surface area contributed by atoms with Gasteiger partial charge in [0.05, 0.1) is 11.1 Å². The Balaban J connectivity index is 1.94. The van der Waals surface area contributed by atoms with E-state index in [0.717, 1.165) is 4.90 Å². The number of amides is 2. The number of imide groups is 1. The molecular formula is C16H10BrNO3. The van der Waals surface area contributed by atoms with E-state index in [9.17, 15) is 14.4 Å². The van der Waals surface area contributed by atoms with Gasteiger partial charge in [-0.25, -0.2) is 0 Å². The zero-order valence-corrected chi connectivity index (χ0v) is 12.4. The highest BCUT2D eigenvalue weighted by Gasteiger charge is 2.41. The molecule has 21 heavy (non-hydrogen) atoms. The second-order valence-electron chi connectivity index (χ2n) is 4.59. The van der Waals surface area contributed by atoms with Crippen LogP contribution in [0.3, 0.4) is 0 Å². The van der Waals surface area contributed by atoms with Gasteiger partial charge in [0.25, 0.3) is 11.8 Å². The van der Waals surface area contributed by atoms with Gasteiger partial charge in [0.15, 0.2) is 10.7 Å². The maximum absolute atomic E-state index is 12.4. The molecule has 2 amide bonds. The van der Waals surface area contributed by atoms with Crippen molar-refractivity contribution in [1.82, 2.24) is 4.90 Å². The van der Waals surface area contributed by atoms with Gasteiger partial charge in [0.1, 0.15) is 0 Å². The molecule has 1 unspecified atom stereocenters. The number of alkyl halides is 1. The minimum Gasteiger partial charge on any atom is -0.291 e. The number of ketones is 1. The highest BCUT2D eigenvalue weighted by atomic mass is 79.9. The van der Waals surface area contributed by atoms with Crippen molar-refractivity contribution in [2.75, 3.05) is 0 Å². The van der Waals surface area contributed by atoms with E-state index in [2.05, 4.69) is 15.9 Å². The number of carbonyl (C=O) groups excluding carboxylic acids is 3. The van der Waals surface area contributed by atoms with E-state index in [1.807, 2.05) is 0 Å². The highest BCUT2D eigenvalue weighted by Crippen LogP contribution is 2.27. The third kappa shape index (κ3) is 2.19. The zero-order chi connectivity index (χ0) is 15.0. The van der Waals surface area contributed by atoms with Crippen molar-refractivity contribution < 1.29 is 14.4 Å². The largest absolute Gasteiger partial charge is 0.291 e. The van der Waals surface area contributed by atoms with Crippen molar-refractivity contribution >= 4 is 33.5 Å². The van der Waals surface area contributed by atoms with E-state index in [-0.39, 0.29) is 5.78 Å². The van der Waals surface area contributed by atoms with Crippen molar-refractivity contribution in [3.05, 3.63) is 71.3 Å². The lowest BCUT2D eigenvalue weighted by atomic mass is 10.1.